The van der Waals surface area contributed by atoms with Crippen LogP contribution in [0.15, 0.2) is 24.3 Å². The van der Waals surface area contributed by atoms with E-state index in [0.717, 1.165) is 0 Å². The lowest BCUT2D eigenvalue weighted by atomic mass is 10.1. The summed E-state index contributed by atoms with van der Waals surface area (Å²) in [5.41, 5.74) is -0.0889. The Bertz CT molecular complexity index is 465. The number of hydrogen-bond donors (Lipinski definition) is 3. The van der Waals surface area contributed by atoms with Gasteiger partial charge in [-0.05, 0) is 24.5 Å². The van der Waals surface area contributed by atoms with Crippen molar-refractivity contribution in [3.8, 4) is 0 Å². The molecule has 1 rings (SSSR count). The molecule has 0 radical (unpaired) electrons. The van der Waals surface area contributed by atoms with Gasteiger partial charge in [-0.25, -0.2) is 4.39 Å². The molecule has 1 atom stereocenters. The predicted octanol–water partition coefficient (Wildman–Crippen LogP) is 0.690. The zero-order valence-corrected chi connectivity index (χ0v) is 11.4. The highest BCUT2D eigenvalue weighted by molar-refractivity contribution is 5.96. The second-order valence-electron chi connectivity index (χ2n) is 4.58. The second-order valence-corrected chi connectivity index (χ2v) is 4.58. The SMILES string of the molecule is CC(CCO)CNC(=O)CNC(=O)c1ccccc1F. The van der Waals surface area contributed by atoms with Gasteiger partial charge in [0.2, 0.25) is 5.91 Å². The van der Waals surface area contributed by atoms with E-state index in [1.165, 1.54) is 18.2 Å². The van der Waals surface area contributed by atoms with Gasteiger partial charge in [-0.2, -0.15) is 0 Å². The van der Waals surface area contributed by atoms with Crippen molar-refractivity contribution in [1.29, 1.82) is 0 Å². The molecule has 1 aromatic carbocycles. The molecule has 0 aliphatic carbocycles. The molecule has 0 spiro atoms. The summed E-state index contributed by atoms with van der Waals surface area (Å²) >= 11 is 0. The molecule has 0 fully saturated rings. The van der Waals surface area contributed by atoms with Gasteiger partial charge in [0.05, 0.1) is 12.1 Å². The molecule has 0 saturated heterocycles. The fraction of sp³-hybridized carbons (Fsp3) is 0.429. The van der Waals surface area contributed by atoms with Crippen LogP contribution in [0.5, 0.6) is 0 Å². The van der Waals surface area contributed by atoms with Crippen LogP contribution in [0.25, 0.3) is 0 Å². The molecular weight excluding hydrogens is 263 g/mol. The Kier molecular flexibility index (Phi) is 6.66. The van der Waals surface area contributed by atoms with Crippen molar-refractivity contribution in [3.63, 3.8) is 0 Å². The first-order valence-electron chi connectivity index (χ1n) is 6.45. The number of hydrogen-bond acceptors (Lipinski definition) is 3. The number of benzene rings is 1. The first-order valence-corrected chi connectivity index (χ1v) is 6.45. The molecule has 6 heteroatoms. The van der Waals surface area contributed by atoms with Crippen LogP contribution in [-0.2, 0) is 4.79 Å². The van der Waals surface area contributed by atoms with Gasteiger partial charge in [-0.3, -0.25) is 9.59 Å². The van der Waals surface area contributed by atoms with Crippen LogP contribution in [0.1, 0.15) is 23.7 Å². The Morgan fingerprint density at radius 2 is 2.00 bits per heavy atom. The van der Waals surface area contributed by atoms with E-state index in [1.807, 2.05) is 6.92 Å². The molecular formula is C14H19FN2O3. The van der Waals surface area contributed by atoms with E-state index >= 15 is 0 Å². The maximum absolute atomic E-state index is 13.3. The fourth-order valence-corrected chi connectivity index (χ4v) is 1.57. The number of carbonyl (C=O) groups is 2. The Hall–Kier alpha value is -1.95. The maximum Gasteiger partial charge on any atom is 0.254 e. The van der Waals surface area contributed by atoms with Crippen LogP contribution in [-0.4, -0.2) is 36.6 Å². The lowest BCUT2D eigenvalue weighted by Crippen LogP contribution is -2.38. The molecule has 0 aromatic heterocycles. The van der Waals surface area contributed by atoms with Gasteiger partial charge in [-0.1, -0.05) is 19.1 Å². The molecule has 0 bridgehead atoms. The highest BCUT2D eigenvalue weighted by Crippen LogP contribution is 2.05. The minimum Gasteiger partial charge on any atom is -0.396 e. The largest absolute Gasteiger partial charge is 0.396 e. The van der Waals surface area contributed by atoms with E-state index in [-0.39, 0.29) is 30.5 Å². The average molecular weight is 282 g/mol. The lowest BCUT2D eigenvalue weighted by Gasteiger charge is -2.11. The Morgan fingerprint density at radius 3 is 2.65 bits per heavy atom. The molecule has 1 unspecified atom stereocenters. The minimum atomic E-state index is -0.623. The highest BCUT2D eigenvalue weighted by Gasteiger charge is 2.12. The predicted molar refractivity (Wildman–Crippen MR) is 72.6 cm³/mol. The summed E-state index contributed by atoms with van der Waals surface area (Å²) in [6.45, 7) is 2.18. The molecule has 5 nitrogen and oxygen atoms in total. The number of aliphatic hydroxyl groups excluding tert-OH is 1. The smallest absolute Gasteiger partial charge is 0.254 e. The van der Waals surface area contributed by atoms with Crippen LogP contribution in [0, 0.1) is 11.7 Å². The standard InChI is InChI=1S/C14H19FN2O3/c1-10(6-7-18)8-16-13(19)9-17-14(20)11-4-2-3-5-12(11)15/h2-5,10,18H,6-9H2,1H3,(H,16,19)(H,17,20). The van der Waals surface area contributed by atoms with Crippen LogP contribution in [0.2, 0.25) is 0 Å². The van der Waals surface area contributed by atoms with Gasteiger partial charge in [0.25, 0.3) is 5.91 Å². The van der Waals surface area contributed by atoms with E-state index in [9.17, 15) is 14.0 Å². The molecule has 3 N–H and O–H groups in total. The molecule has 0 aliphatic rings. The minimum absolute atomic E-state index is 0.0705. The van der Waals surface area contributed by atoms with E-state index in [4.69, 9.17) is 5.11 Å². The Morgan fingerprint density at radius 1 is 1.30 bits per heavy atom. The summed E-state index contributed by atoms with van der Waals surface area (Å²) in [6.07, 6.45) is 0.599. The highest BCUT2D eigenvalue weighted by atomic mass is 19.1. The summed E-state index contributed by atoms with van der Waals surface area (Å²) in [6, 6.07) is 5.58. The Balaban J connectivity index is 2.34. The molecule has 0 saturated carbocycles. The van der Waals surface area contributed by atoms with E-state index in [0.29, 0.717) is 13.0 Å². The van der Waals surface area contributed by atoms with E-state index in [2.05, 4.69) is 10.6 Å². The van der Waals surface area contributed by atoms with Crippen LogP contribution in [0.3, 0.4) is 0 Å². The third-order valence-electron chi connectivity index (χ3n) is 2.80. The zero-order chi connectivity index (χ0) is 15.0. The number of halogens is 1. The number of aliphatic hydroxyl groups is 1. The first-order chi connectivity index (χ1) is 9.54. The van der Waals surface area contributed by atoms with Gasteiger partial charge >= 0.3 is 0 Å². The third kappa shape index (κ3) is 5.36. The maximum atomic E-state index is 13.3. The van der Waals surface area contributed by atoms with Gasteiger partial charge in [0.1, 0.15) is 5.82 Å². The number of rotatable bonds is 7. The first kappa shape index (κ1) is 16.1. The van der Waals surface area contributed by atoms with Crippen molar-refractivity contribution < 1.29 is 19.1 Å². The normalized spacial score (nSPS) is 11.8. The van der Waals surface area contributed by atoms with Crippen molar-refractivity contribution in [2.75, 3.05) is 19.7 Å². The van der Waals surface area contributed by atoms with Gasteiger partial charge < -0.3 is 15.7 Å². The monoisotopic (exact) mass is 282 g/mol. The average Bonchev–Trinajstić information content (AvgIpc) is 2.43. The number of nitrogens with one attached hydrogen (secondary N) is 2. The van der Waals surface area contributed by atoms with Crippen molar-refractivity contribution in [2.45, 2.75) is 13.3 Å². The fourth-order valence-electron chi connectivity index (χ4n) is 1.57. The van der Waals surface area contributed by atoms with Gasteiger partial charge in [-0.15, -0.1) is 0 Å². The van der Waals surface area contributed by atoms with Crippen molar-refractivity contribution in [3.05, 3.63) is 35.6 Å². The van der Waals surface area contributed by atoms with Crippen LogP contribution in [0.4, 0.5) is 4.39 Å². The topological polar surface area (TPSA) is 78.4 Å². The summed E-state index contributed by atoms with van der Waals surface area (Å²) in [7, 11) is 0. The summed E-state index contributed by atoms with van der Waals surface area (Å²) in [5, 5.41) is 13.7. The van der Waals surface area contributed by atoms with Gasteiger partial charge in [0.15, 0.2) is 0 Å². The third-order valence-corrected chi connectivity index (χ3v) is 2.80. The quantitative estimate of drug-likeness (QED) is 0.688. The van der Waals surface area contributed by atoms with E-state index < -0.39 is 11.7 Å². The van der Waals surface area contributed by atoms with Crippen LogP contribution >= 0.6 is 0 Å². The van der Waals surface area contributed by atoms with Crippen LogP contribution < -0.4 is 10.6 Å². The van der Waals surface area contributed by atoms with Crippen molar-refractivity contribution in [1.82, 2.24) is 10.6 Å². The zero-order valence-electron chi connectivity index (χ0n) is 11.4. The molecule has 20 heavy (non-hydrogen) atoms. The number of amides is 2. The summed E-state index contributed by atoms with van der Waals surface area (Å²) in [4.78, 5) is 23.1. The second kappa shape index (κ2) is 8.27. The molecule has 110 valence electrons. The lowest BCUT2D eigenvalue weighted by molar-refractivity contribution is -0.120. The van der Waals surface area contributed by atoms with Crippen molar-refractivity contribution >= 4 is 11.8 Å². The Labute approximate surface area is 117 Å². The molecule has 0 aliphatic heterocycles. The summed E-state index contributed by atoms with van der Waals surface area (Å²) in [5.74, 6) is -1.44. The summed E-state index contributed by atoms with van der Waals surface area (Å²) < 4.78 is 13.3. The van der Waals surface area contributed by atoms with Crippen molar-refractivity contribution in [2.24, 2.45) is 5.92 Å². The number of carbonyl (C=O) groups excluding carboxylic acids is 2. The molecule has 2 amide bonds. The molecule has 0 heterocycles. The van der Waals surface area contributed by atoms with Gasteiger partial charge in [0, 0.05) is 13.2 Å². The molecule has 1 aromatic rings. The van der Waals surface area contributed by atoms with E-state index in [1.54, 1.807) is 6.07 Å².